The first kappa shape index (κ1) is 18.2. The lowest BCUT2D eigenvalue weighted by molar-refractivity contribution is -0.384. The Bertz CT molecular complexity index is 702. The van der Waals surface area contributed by atoms with E-state index in [4.69, 9.17) is 11.6 Å². The maximum absolute atomic E-state index is 10.8. The number of aryl methyl sites for hydroxylation is 1. The van der Waals surface area contributed by atoms with Crippen molar-refractivity contribution < 1.29 is 4.92 Å². The summed E-state index contributed by atoms with van der Waals surface area (Å²) in [5, 5.41) is 14.4. The first-order valence-corrected chi connectivity index (χ1v) is 8.23. The van der Waals surface area contributed by atoms with E-state index < -0.39 is 4.92 Å². The van der Waals surface area contributed by atoms with Crippen LogP contribution in [0.5, 0.6) is 0 Å². The zero-order chi connectivity index (χ0) is 17.7. The van der Waals surface area contributed by atoms with Crippen LogP contribution >= 0.6 is 11.6 Å². The predicted octanol–water partition coefficient (Wildman–Crippen LogP) is 4.53. The van der Waals surface area contributed by atoms with Gasteiger partial charge in [0.2, 0.25) is 0 Å². The predicted molar refractivity (Wildman–Crippen MR) is 98.8 cm³/mol. The molecular weight excluding hydrogens is 326 g/mol. The summed E-state index contributed by atoms with van der Waals surface area (Å²) in [5.41, 5.74) is 3.20. The van der Waals surface area contributed by atoms with Gasteiger partial charge in [-0.15, -0.1) is 0 Å². The van der Waals surface area contributed by atoms with Gasteiger partial charge in [0, 0.05) is 18.7 Å². The van der Waals surface area contributed by atoms with Crippen molar-refractivity contribution in [2.45, 2.75) is 19.4 Å². The van der Waals surface area contributed by atoms with E-state index in [0.29, 0.717) is 17.3 Å². The average molecular weight is 348 g/mol. The molecule has 0 aliphatic rings. The third kappa shape index (κ3) is 4.46. The molecular formula is C18H22ClN3O2. The van der Waals surface area contributed by atoms with Gasteiger partial charge in [-0.2, -0.15) is 0 Å². The van der Waals surface area contributed by atoms with Crippen LogP contribution in [0, 0.1) is 10.1 Å². The molecule has 0 bridgehead atoms. The van der Waals surface area contributed by atoms with Crippen LogP contribution < -0.4 is 5.32 Å². The summed E-state index contributed by atoms with van der Waals surface area (Å²) < 4.78 is 0. The van der Waals surface area contributed by atoms with Crippen LogP contribution in [0.1, 0.15) is 24.1 Å². The van der Waals surface area contributed by atoms with Gasteiger partial charge in [-0.25, -0.2) is 0 Å². The van der Waals surface area contributed by atoms with Crippen molar-refractivity contribution >= 4 is 23.0 Å². The van der Waals surface area contributed by atoms with Crippen molar-refractivity contribution in [1.29, 1.82) is 0 Å². The number of hydrogen-bond donors (Lipinski definition) is 1. The molecule has 0 fully saturated rings. The van der Waals surface area contributed by atoms with E-state index in [1.165, 1.54) is 23.3 Å². The highest BCUT2D eigenvalue weighted by Gasteiger charge is 2.15. The van der Waals surface area contributed by atoms with Crippen molar-refractivity contribution in [3.8, 4) is 0 Å². The molecule has 0 aliphatic heterocycles. The second-order valence-corrected chi connectivity index (χ2v) is 6.28. The van der Waals surface area contributed by atoms with Crippen LogP contribution in [0.25, 0.3) is 0 Å². The lowest BCUT2D eigenvalue weighted by Gasteiger charge is -2.26. The monoisotopic (exact) mass is 347 g/mol. The fraction of sp³-hybridized carbons (Fsp3) is 0.333. The molecule has 128 valence electrons. The molecule has 0 spiro atoms. The normalized spacial score (nSPS) is 12.2. The first-order valence-electron chi connectivity index (χ1n) is 7.85. The van der Waals surface area contributed by atoms with Gasteiger partial charge in [-0.05, 0) is 37.7 Å². The van der Waals surface area contributed by atoms with E-state index in [2.05, 4.69) is 41.4 Å². The molecule has 5 nitrogen and oxygen atoms in total. The summed E-state index contributed by atoms with van der Waals surface area (Å²) in [4.78, 5) is 12.5. The Morgan fingerprint density at radius 2 is 1.88 bits per heavy atom. The van der Waals surface area contributed by atoms with E-state index in [0.717, 1.165) is 6.42 Å². The second-order valence-electron chi connectivity index (χ2n) is 5.88. The summed E-state index contributed by atoms with van der Waals surface area (Å²) in [6.07, 6.45) is 1.02. The number of nitro benzene ring substituents is 1. The molecule has 0 aliphatic carbocycles. The summed E-state index contributed by atoms with van der Waals surface area (Å²) >= 11 is 6.14. The number of hydrogen-bond acceptors (Lipinski definition) is 4. The minimum Gasteiger partial charge on any atom is -0.382 e. The molecule has 2 aromatic rings. The van der Waals surface area contributed by atoms with E-state index in [-0.39, 0.29) is 11.7 Å². The number of rotatable bonds is 7. The van der Waals surface area contributed by atoms with Gasteiger partial charge in [-0.1, -0.05) is 42.8 Å². The molecule has 6 heteroatoms. The number of halogens is 1. The Hall–Kier alpha value is -2.11. The molecule has 0 radical (unpaired) electrons. The Labute approximate surface area is 147 Å². The number of non-ortho nitro benzene ring substituents is 1. The van der Waals surface area contributed by atoms with Gasteiger partial charge in [0.15, 0.2) is 0 Å². The molecule has 1 atom stereocenters. The topological polar surface area (TPSA) is 58.4 Å². The molecule has 0 aromatic heterocycles. The fourth-order valence-corrected chi connectivity index (χ4v) is 2.78. The molecule has 24 heavy (non-hydrogen) atoms. The summed E-state index contributed by atoms with van der Waals surface area (Å²) in [5.74, 6) is 0. The van der Waals surface area contributed by atoms with Crippen molar-refractivity contribution in [3.63, 3.8) is 0 Å². The quantitative estimate of drug-likeness (QED) is 0.590. The second kappa shape index (κ2) is 8.13. The van der Waals surface area contributed by atoms with Crippen LogP contribution in [-0.4, -0.2) is 30.5 Å². The number of nitrogens with zero attached hydrogens (tertiary/aromatic N) is 2. The summed E-state index contributed by atoms with van der Waals surface area (Å²) in [6, 6.07) is 13.2. The average Bonchev–Trinajstić information content (AvgIpc) is 2.56. The van der Waals surface area contributed by atoms with Gasteiger partial charge >= 0.3 is 0 Å². The van der Waals surface area contributed by atoms with Crippen molar-refractivity contribution in [2.75, 3.05) is 26.0 Å². The maximum atomic E-state index is 10.8. The molecule has 2 rings (SSSR count). The lowest BCUT2D eigenvalue weighted by atomic mass is 10.0. The van der Waals surface area contributed by atoms with Crippen molar-refractivity contribution in [1.82, 2.24) is 4.90 Å². The SMILES string of the molecule is CCc1ccc(C(CNc2ccc([N+](=O)[O-])cc2Cl)N(C)C)cc1. The fourth-order valence-electron chi connectivity index (χ4n) is 2.54. The van der Waals surface area contributed by atoms with E-state index in [1.54, 1.807) is 6.07 Å². The highest BCUT2D eigenvalue weighted by molar-refractivity contribution is 6.33. The van der Waals surface area contributed by atoms with E-state index in [1.807, 2.05) is 14.1 Å². The highest BCUT2D eigenvalue weighted by atomic mass is 35.5. The number of nitrogens with one attached hydrogen (secondary N) is 1. The molecule has 0 saturated carbocycles. The van der Waals surface area contributed by atoms with Crippen molar-refractivity contribution in [2.24, 2.45) is 0 Å². The minimum atomic E-state index is -0.451. The van der Waals surface area contributed by atoms with Gasteiger partial charge in [0.05, 0.1) is 21.7 Å². The molecule has 0 heterocycles. The zero-order valence-electron chi connectivity index (χ0n) is 14.1. The highest BCUT2D eigenvalue weighted by Crippen LogP contribution is 2.28. The number of anilines is 1. The minimum absolute atomic E-state index is 0.00939. The smallest absolute Gasteiger partial charge is 0.271 e. The Morgan fingerprint density at radius 1 is 1.21 bits per heavy atom. The Balaban J connectivity index is 2.12. The number of likely N-dealkylation sites (N-methyl/N-ethyl adjacent to an activating group) is 1. The standard InChI is InChI=1S/C18H22ClN3O2/c1-4-13-5-7-14(8-6-13)18(21(2)3)12-20-17-10-9-15(22(23)24)11-16(17)19/h5-11,18,20H,4,12H2,1-3H3. The maximum Gasteiger partial charge on any atom is 0.271 e. The van der Waals surface area contributed by atoms with Crippen LogP contribution in [0.2, 0.25) is 5.02 Å². The van der Waals surface area contributed by atoms with Gasteiger partial charge in [-0.3, -0.25) is 10.1 Å². The number of nitro groups is 1. The molecule has 0 saturated heterocycles. The largest absolute Gasteiger partial charge is 0.382 e. The van der Waals surface area contributed by atoms with E-state index in [9.17, 15) is 10.1 Å². The van der Waals surface area contributed by atoms with Gasteiger partial charge in [0.1, 0.15) is 0 Å². The first-order chi connectivity index (χ1) is 11.4. The summed E-state index contributed by atoms with van der Waals surface area (Å²) in [7, 11) is 4.05. The number of benzene rings is 2. The third-order valence-corrected chi connectivity index (χ3v) is 4.36. The lowest BCUT2D eigenvalue weighted by Crippen LogP contribution is -2.26. The Kier molecular flexibility index (Phi) is 6.17. The molecule has 1 N–H and O–H groups in total. The van der Waals surface area contributed by atoms with Crippen LogP contribution in [0.15, 0.2) is 42.5 Å². The Morgan fingerprint density at radius 3 is 2.38 bits per heavy atom. The third-order valence-electron chi connectivity index (χ3n) is 4.05. The van der Waals surface area contributed by atoms with Gasteiger partial charge < -0.3 is 10.2 Å². The van der Waals surface area contributed by atoms with Crippen LogP contribution in [0.4, 0.5) is 11.4 Å². The summed E-state index contributed by atoms with van der Waals surface area (Å²) in [6.45, 7) is 2.78. The van der Waals surface area contributed by atoms with Crippen LogP contribution in [0.3, 0.4) is 0 Å². The van der Waals surface area contributed by atoms with E-state index >= 15 is 0 Å². The molecule has 0 amide bonds. The van der Waals surface area contributed by atoms with Gasteiger partial charge in [0.25, 0.3) is 5.69 Å². The molecule has 2 aromatic carbocycles. The van der Waals surface area contributed by atoms with Crippen LogP contribution in [-0.2, 0) is 6.42 Å². The molecule has 1 unspecified atom stereocenters. The zero-order valence-corrected chi connectivity index (χ0v) is 14.9. The van der Waals surface area contributed by atoms with Crippen molar-refractivity contribution in [3.05, 3.63) is 68.7 Å².